The summed E-state index contributed by atoms with van der Waals surface area (Å²) >= 11 is 1.79. The Morgan fingerprint density at radius 3 is 2.68 bits per heavy atom. The molecule has 2 aromatic rings. The molecule has 1 fully saturated rings. The molecule has 3 rings (SSSR count). The maximum absolute atomic E-state index is 5.25. The van der Waals surface area contributed by atoms with E-state index < -0.39 is 0 Å². The molecule has 1 saturated heterocycles. The zero-order chi connectivity index (χ0) is 19.9. The first-order valence-corrected chi connectivity index (χ1v) is 11.0. The van der Waals surface area contributed by atoms with Gasteiger partial charge in [0, 0.05) is 51.3 Å². The minimum Gasteiger partial charge on any atom is -0.497 e. The second-order valence-corrected chi connectivity index (χ2v) is 9.20. The van der Waals surface area contributed by atoms with Crippen molar-refractivity contribution in [2.75, 3.05) is 59.3 Å². The molecule has 0 amide bonds. The largest absolute Gasteiger partial charge is 0.497 e. The van der Waals surface area contributed by atoms with Gasteiger partial charge in [0.25, 0.3) is 0 Å². The number of benzene rings is 1. The second kappa shape index (κ2) is 10.2. The van der Waals surface area contributed by atoms with E-state index in [1.807, 2.05) is 6.20 Å². The maximum atomic E-state index is 5.25. The van der Waals surface area contributed by atoms with Gasteiger partial charge in [-0.05, 0) is 56.5 Å². The molecule has 1 aromatic carbocycles. The third-order valence-corrected chi connectivity index (χ3v) is 6.55. The number of ether oxygens (including phenoxy) is 1. The van der Waals surface area contributed by atoms with Crippen LogP contribution in [0.5, 0.6) is 5.75 Å². The van der Waals surface area contributed by atoms with Gasteiger partial charge in [-0.3, -0.25) is 0 Å². The number of rotatable bonds is 9. The number of aromatic nitrogens is 1. The first-order chi connectivity index (χ1) is 13.5. The molecule has 1 atom stereocenters. The third kappa shape index (κ3) is 6.19. The highest BCUT2D eigenvalue weighted by Gasteiger charge is 2.21. The molecule has 1 aromatic heterocycles. The van der Waals surface area contributed by atoms with E-state index in [1.54, 1.807) is 18.4 Å². The molecule has 1 aliphatic rings. The van der Waals surface area contributed by atoms with Crippen molar-refractivity contribution >= 4 is 16.5 Å². The lowest BCUT2D eigenvalue weighted by molar-refractivity contribution is 0.142. The second-order valence-electron chi connectivity index (χ2n) is 8.11. The average molecular weight is 403 g/mol. The number of anilines is 1. The summed E-state index contributed by atoms with van der Waals surface area (Å²) < 4.78 is 5.25. The Labute approximate surface area is 173 Å². The SMILES string of the molecule is COc1ccc(CCN2CCC[C@H](CN(C)Cc3cnc(N(C)C)s3)C2)cc1. The molecule has 0 spiro atoms. The summed E-state index contributed by atoms with van der Waals surface area (Å²) in [5, 5.41) is 1.09. The van der Waals surface area contributed by atoms with Crippen molar-refractivity contribution < 1.29 is 4.74 Å². The van der Waals surface area contributed by atoms with Crippen LogP contribution >= 0.6 is 11.3 Å². The monoisotopic (exact) mass is 402 g/mol. The standard InChI is InChI=1S/C22H34N4OS/c1-24(2)22-23-14-21(28-22)17-25(3)15-19-6-5-12-26(16-19)13-11-18-7-9-20(27-4)10-8-18/h7-10,14,19H,5-6,11-13,15-17H2,1-4H3/t19-/m1/s1. The van der Waals surface area contributed by atoms with E-state index in [4.69, 9.17) is 4.74 Å². The predicted octanol–water partition coefficient (Wildman–Crippen LogP) is 3.60. The molecule has 0 bridgehead atoms. The Morgan fingerprint density at radius 1 is 1.21 bits per heavy atom. The summed E-state index contributed by atoms with van der Waals surface area (Å²) in [6.07, 6.45) is 5.79. The van der Waals surface area contributed by atoms with E-state index in [0.29, 0.717) is 0 Å². The fourth-order valence-corrected chi connectivity index (χ4v) is 4.84. The number of piperidine rings is 1. The van der Waals surface area contributed by atoms with Crippen LogP contribution < -0.4 is 9.64 Å². The van der Waals surface area contributed by atoms with Crippen molar-refractivity contribution in [3.8, 4) is 5.75 Å². The minimum atomic E-state index is 0.760. The Hall–Kier alpha value is -1.63. The van der Waals surface area contributed by atoms with Gasteiger partial charge in [-0.2, -0.15) is 0 Å². The molecule has 28 heavy (non-hydrogen) atoms. The normalized spacial score (nSPS) is 17.8. The van der Waals surface area contributed by atoms with Crippen molar-refractivity contribution in [2.24, 2.45) is 5.92 Å². The van der Waals surface area contributed by atoms with Crippen LogP contribution in [0.3, 0.4) is 0 Å². The number of likely N-dealkylation sites (tertiary alicyclic amines) is 1. The van der Waals surface area contributed by atoms with E-state index in [1.165, 1.54) is 36.4 Å². The van der Waals surface area contributed by atoms with Crippen LogP contribution in [-0.4, -0.2) is 69.2 Å². The van der Waals surface area contributed by atoms with Gasteiger partial charge in [0.05, 0.1) is 7.11 Å². The topological polar surface area (TPSA) is 31.8 Å². The van der Waals surface area contributed by atoms with Gasteiger partial charge in [-0.15, -0.1) is 11.3 Å². The number of thiazole rings is 1. The molecule has 0 saturated carbocycles. The van der Waals surface area contributed by atoms with Crippen LogP contribution in [0.2, 0.25) is 0 Å². The minimum absolute atomic E-state index is 0.760. The highest BCUT2D eigenvalue weighted by molar-refractivity contribution is 7.15. The highest BCUT2D eigenvalue weighted by Crippen LogP contribution is 2.23. The Bertz CT molecular complexity index is 716. The van der Waals surface area contributed by atoms with E-state index in [-0.39, 0.29) is 0 Å². The molecule has 0 unspecified atom stereocenters. The lowest BCUT2D eigenvalue weighted by Gasteiger charge is -2.34. The van der Waals surface area contributed by atoms with Gasteiger partial charge in [0.2, 0.25) is 0 Å². The Morgan fingerprint density at radius 2 is 2.00 bits per heavy atom. The molecule has 6 heteroatoms. The lowest BCUT2D eigenvalue weighted by Crippen LogP contribution is -2.40. The maximum Gasteiger partial charge on any atom is 0.185 e. The van der Waals surface area contributed by atoms with Gasteiger partial charge >= 0.3 is 0 Å². The molecule has 154 valence electrons. The predicted molar refractivity (Wildman–Crippen MR) is 119 cm³/mol. The Balaban J connectivity index is 1.43. The summed E-state index contributed by atoms with van der Waals surface area (Å²) in [6, 6.07) is 8.49. The van der Waals surface area contributed by atoms with Crippen LogP contribution in [0.1, 0.15) is 23.3 Å². The summed E-state index contributed by atoms with van der Waals surface area (Å²) in [5.74, 6) is 1.69. The van der Waals surface area contributed by atoms with E-state index in [0.717, 1.165) is 42.9 Å². The van der Waals surface area contributed by atoms with Crippen LogP contribution in [0.15, 0.2) is 30.5 Å². The molecule has 5 nitrogen and oxygen atoms in total. The van der Waals surface area contributed by atoms with Gasteiger partial charge in [-0.1, -0.05) is 12.1 Å². The van der Waals surface area contributed by atoms with E-state index in [2.05, 4.69) is 65.1 Å². The fraction of sp³-hybridized carbons (Fsp3) is 0.591. The van der Waals surface area contributed by atoms with Crippen LogP contribution in [0.25, 0.3) is 0 Å². The molecular weight excluding hydrogens is 368 g/mol. The number of hydrogen-bond donors (Lipinski definition) is 0. The van der Waals surface area contributed by atoms with Crippen molar-refractivity contribution in [3.05, 3.63) is 40.9 Å². The lowest BCUT2D eigenvalue weighted by atomic mass is 9.97. The van der Waals surface area contributed by atoms with Crippen LogP contribution in [-0.2, 0) is 13.0 Å². The summed E-state index contributed by atoms with van der Waals surface area (Å²) in [4.78, 5) is 13.0. The highest BCUT2D eigenvalue weighted by atomic mass is 32.1. The van der Waals surface area contributed by atoms with Crippen molar-refractivity contribution in [2.45, 2.75) is 25.8 Å². The van der Waals surface area contributed by atoms with Crippen LogP contribution in [0.4, 0.5) is 5.13 Å². The van der Waals surface area contributed by atoms with Gasteiger partial charge < -0.3 is 19.4 Å². The fourth-order valence-electron chi connectivity index (χ4n) is 3.93. The first-order valence-electron chi connectivity index (χ1n) is 10.2. The third-order valence-electron chi connectivity index (χ3n) is 5.40. The molecule has 0 N–H and O–H groups in total. The van der Waals surface area contributed by atoms with E-state index in [9.17, 15) is 0 Å². The average Bonchev–Trinajstić information content (AvgIpc) is 3.16. The van der Waals surface area contributed by atoms with Crippen LogP contribution in [0, 0.1) is 5.92 Å². The summed E-state index contributed by atoms with van der Waals surface area (Å²) in [5.41, 5.74) is 1.39. The smallest absolute Gasteiger partial charge is 0.185 e. The molecule has 2 heterocycles. The van der Waals surface area contributed by atoms with Gasteiger partial charge in [-0.25, -0.2) is 4.98 Å². The number of nitrogens with zero attached hydrogens (tertiary/aromatic N) is 4. The first kappa shape index (κ1) is 21.1. The quantitative estimate of drug-likeness (QED) is 0.640. The van der Waals surface area contributed by atoms with E-state index >= 15 is 0 Å². The Kier molecular flexibility index (Phi) is 7.71. The molecule has 1 aliphatic heterocycles. The number of hydrogen-bond acceptors (Lipinski definition) is 6. The molecule has 0 aliphatic carbocycles. The van der Waals surface area contributed by atoms with Crippen molar-refractivity contribution in [1.82, 2.24) is 14.8 Å². The van der Waals surface area contributed by atoms with Crippen molar-refractivity contribution in [3.63, 3.8) is 0 Å². The number of methoxy groups -OCH3 is 1. The summed E-state index contributed by atoms with van der Waals surface area (Å²) in [6.45, 7) is 5.75. The zero-order valence-electron chi connectivity index (χ0n) is 17.7. The van der Waals surface area contributed by atoms with Gasteiger partial charge in [0.15, 0.2) is 5.13 Å². The van der Waals surface area contributed by atoms with Gasteiger partial charge in [0.1, 0.15) is 5.75 Å². The molecular formula is C22H34N4OS. The zero-order valence-corrected chi connectivity index (χ0v) is 18.5. The molecule has 0 radical (unpaired) electrons. The van der Waals surface area contributed by atoms with Crippen molar-refractivity contribution in [1.29, 1.82) is 0 Å². The summed E-state index contributed by atoms with van der Waals surface area (Å²) in [7, 11) is 8.06.